The summed E-state index contributed by atoms with van der Waals surface area (Å²) in [7, 11) is 0. The predicted octanol–water partition coefficient (Wildman–Crippen LogP) is 2.29. The van der Waals surface area contributed by atoms with Crippen LogP contribution in [0.2, 0.25) is 0 Å². The molecule has 1 aromatic rings. The van der Waals surface area contributed by atoms with Crippen molar-refractivity contribution in [2.75, 3.05) is 13.1 Å². The van der Waals surface area contributed by atoms with Crippen LogP contribution in [0, 0.1) is 0 Å². The summed E-state index contributed by atoms with van der Waals surface area (Å²) in [6.07, 6.45) is 3.72. The molecule has 1 heterocycles. The van der Waals surface area contributed by atoms with Crippen molar-refractivity contribution in [3.8, 4) is 0 Å². The summed E-state index contributed by atoms with van der Waals surface area (Å²) in [4.78, 5) is 6.53. The minimum Gasteiger partial charge on any atom is -0.313 e. The van der Waals surface area contributed by atoms with Crippen molar-refractivity contribution in [3.05, 3.63) is 30.1 Å². The fraction of sp³-hybridized carbons (Fsp3) is 0.643. The van der Waals surface area contributed by atoms with Crippen LogP contribution < -0.4 is 5.32 Å². The standard InChI is InChI=1S/C14H25N3/c1-5-17(13(4)10-16-12(2)3)11-14-6-8-15-9-7-14/h6-9,12-13,16H,5,10-11H2,1-4H3. The molecule has 1 aromatic heterocycles. The van der Waals surface area contributed by atoms with Gasteiger partial charge in [0, 0.05) is 37.6 Å². The maximum Gasteiger partial charge on any atom is 0.0271 e. The average Bonchev–Trinajstić information content (AvgIpc) is 2.34. The fourth-order valence-corrected chi connectivity index (χ4v) is 1.84. The van der Waals surface area contributed by atoms with Gasteiger partial charge in [0.1, 0.15) is 0 Å². The zero-order chi connectivity index (χ0) is 12.7. The number of hydrogen-bond donors (Lipinski definition) is 1. The molecule has 17 heavy (non-hydrogen) atoms. The molecule has 1 rings (SSSR count). The quantitative estimate of drug-likeness (QED) is 0.786. The summed E-state index contributed by atoms with van der Waals surface area (Å²) in [6, 6.07) is 5.28. The number of rotatable bonds is 7. The summed E-state index contributed by atoms with van der Waals surface area (Å²) in [6.45, 7) is 12.0. The van der Waals surface area contributed by atoms with Crippen molar-refractivity contribution in [2.45, 2.75) is 46.3 Å². The van der Waals surface area contributed by atoms with Crippen LogP contribution >= 0.6 is 0 Å². The second-order valence-electron chi connectivity index (χ2n) is 4.83. The fourth-order valence-electron chi connectivity index (χ4n) is 1.84. The largest absolute Gasteiger partial charge is 0.313 e. The second kappa shape index (κ2) is 7.41. The van der Waals surface area contributed by atoms with Crippen molar-refractivity contribution < 1.29 is 0 Å². The molecule has 0 saturated carbocycles. The van der Waals surface area contributed by atoms with Crippen molar-refractivity contribution in [1.82, 2.24) is 15.2 Å². The van der Waals surface area contributed by atoms with Crippen LogP contribution in [0.25, 0.3) is 0 Å². The normalized spacial score (nSPS) is 13.3. The first-order chi connectivity index (χ1) is 8.13. The maximum atomic E-state index is 4.05. The topological polar surface area (TPSA) is 28.2 Å². The molecule has 3 heteroatoms. The highest BCUT2D eigenvalue weighted by atomic mass is 15.2. The molecule has 1 atom stereocenters. The highest BCUT2D eigenvalue weighted by Crippen LogP contribution is 2.06. The van der Waals surface area contributed by atoms with Crippen LogP contribution in [0.4, 0.5) is 0 Å². The van der Waals surface area contributed by atoms with Gasteiger partial charge in [-0.25, -0.2) is 0 Å². The number of nitrogens with zero attached hydrogens (tertiary/aromatic N) is 2. The van der Waals surface area contributed by atoms with Crippen LogP contribution in [0.5, 0.6) is 0 Å². The number of likely N-dealkylation sites (N-methyl/N-ethyl adjacent to an activating group) is 1. The lowest BCUT2D eigenvalue weighted by Crippen LogP contribution is -2.41. The Morgan fingerprint density at radius 2 is 1.88 bits per heavy atom. The summed E-state index contributed by atoms with van der Waals surface area (Å²) >= 11 is 0. The molecule has 0 aromatic carbocycles. The maximum absolute atomic E-state index is 4.05. The van der Waals surface area contributed by atoms with Gasteiger partial charge in [0.25, 0.3) is 0 Å². The molecule has 0 aliphatic carbocycles. The third kappa shape index (κ3) is 5.29. The first kappa shape index (κ1) is 14.1. The van der Waals surface area contributed by atoms with Gasteiger partial charge in [-0.3, -0.25) is 9.88 Å². The molecule has 0 saturated heterocycles. The van der Waals surface area contributed by atoms with Crippen LogP contribution in [0.15, 0.2) is 24.5 Å². The Bertz CT molecular complexity index is 298. The SMILES string of the molecule is CCN(Cc1ccncc1)C(C)CNC(C)C. The van der Waals surface area contributed by atoms with E-state index in [1.54, 1.807) is 0 Å². The summed E-state index contributed by atoms with van der Waals surface area (Å²) in [5, 5.41) is 3.49. The molecular formula is C14H25N3. The minimum atomic E-state index is 0.551. The smallest absolute Gasteiger partial charge is 0.0271 e. The highest BCUT2D eigenvalue weighted by Gasteiger charge is 2.12. The third-order valence-corrected chi connectivity index (χ3v) is 2.99. The first-order valence-corrected chi connectivity index (χ1v) is 6.49. The average molecular weight is 235 g/mol. The van der Waals surface area contributed by atoms with E-state index in [4.69, 9.17) is 0 Å². The lowest BCUT2D eigenvalue weighted by Gasteiger charge is -2.28. The Hall–Kier alpha value is -0.930. The van der Waals surface area contributed by atoms with Gasteiger partial charge >= 0.3 is 0 Å². The molecule has 0 spiro atoms. The van der Waals surface area contributed by atoms with Gasteiger partial charge < -0.3 is 5.32 Å². The summed E-state index contributed by atoms with van der Waals surface area (Å²) < 4.78 is 0. The van der Waals surface area contributed by atoms with Crippen molar-refractivity contribution in [3.63, 3.8) is 0 Å². The minimum absolute atomic E-state index is 0.551. The van der Waals surface area contributed by atoms with Crippen LogP contribution in [-0.4, -0.2) is 35.1 Å². The molecule has 0 fully saturated rings. The molecule has 0 radical (unpaired) electrons. The van der Waals surface area contributed by atoms with Gasteiger partial charge in [0.15, 0.2) is 0 Å². The lowest BCUT2D eigenvalue weighted by atomic mass is 10.2. The number of hydrogen-bond acceptors (Lipinski definition) is 3. The monoisotopic (exact) mass is 235 g/mol. The van der Waals surface area contributed by atoms with Crippen LogP contribution in [-0.2, 0) is 6.54 Å². The Balaban J connectivity index is 2.47. The summed E-state index contributed by atoms with van der Waals surface area (Å²) in [5.41, 5.74) is 1.33. The van der Waals surface area contributed by atoms with E-state index < -0.39 is 0 Å². The number of nitrogens with one attached hydrogen (secondary N) is 1. The Morgan fingerprint density at radius 3 is 2.41 bits per heavy atom. The molecule has 0 bridgehead atoms. The van der Waals surface area contributed by atoms with Crippen molar-refractivity contribution in [2.24, 2.45) is 0 Å². The molecule has 0 amide bonds. The van der Waals surface area contributed by atoms with E-state index >= 15 is 0 Å². The van der Waals surface area contributed by atoms with E-state index in [2.05, 4.69) is 55.0 Å². The van der Waals surface area contributed by atoms with Crippen LogP contribution in [0.1, 0.15) is 33.3 Å². The number of aromatic nitrogens is 1. The molecule has 3 nitrogen and oxygen atoms in total. The highest BCUT2D eigenvalue weighted by molar-refractivity contribution is 5.09. The van der Waals surface area contributed by atoms with Gasteiger partial charge in [-0.15, -0.1) is 0 Å². The van der Waals surface area contributed by atoms with E-state index in [0.29, 0.717) is 12.1 Å². The van der Waals surface area contributed by atoms with E-state index in [-0.39, 0.29) is 0 Å². The zero-order valence-electron chi connectivity index (χ0n) is 11.5. The predicted molar refractivity (Wildman–Crippen MR) is 72.9 cm³/mol. The molecule has 96 valence electrons. The summed E-state index contributed by atoms with van der Waals surface area (Å²) in [5.74, 6) is 0. The van der Waals surface area contributed by atoms with Gasteiger partial charge in [-0.2, -0.15) is 0 Å². The van der Waals surface area contributed by atoms with Gasteiger partial charge in [-0.05, 0) is 31.2 Å². The molecule has 0 aliphatic rings. The second-order valence-corrected chi connectivity index (χ2v) is 4.83. The first-order valence-electron chi connectivity index (χ1n) is 6.49. The lowest BCUT2D eigenvalue weighted by molar-refractivity contribution is 0.203. The van der Waals surface area contributed by atoms with Crippen molar-refractivity contribution >= 4 is 0 Å². The van der Waals surface area contributed by atoms with E-state index in [1.807, 2.05) is 12.4 Å². The van der Waals surface area contributed by atoms with Crippen molar-refractivity contribution in [1.29, 1.82) is 0 Å². The van der Waals surface area contributed by atoms with Gasteiger partial charge in [0.05, 0.1) is 0 Å². The third-order valence-electron chi connectivity index (χ3n) is 2.99. The Kier molecular flexibility index (Phi) is 6.16. The van der Waals surface area contributed by atoms with Crippen LogP contribution in [0.3, 0.4) is 0 Å². The van der Waals surface area contributed by atoms with Gasteiger partial charge in [-0.1, -0.05) is 20.8 Å². The zero-order valence-corrected chi connectivity index (χ0v) is 11.5. The van der Waals surface area contributed by atoms with Gasteiger partial charge in [0.2, 0.25) is 0 Å². The Morgan fingerprint density at radius 1 is 1.24 bits per heavy atom. The van der Waals surface area contributed by atoms with E-state index in [0.717, 1.165) is 19.6 Å². The Labute approximate surface area is 105 Å². The molecule has 0 aliphatic heterocycles. The number of pyridine rings is 1. The molecular weight excluding hydrogens is 210 g/mol. The van der Waals surface area contributed by atoms with E-state index in [1.165, 1.54) is 5.56 Å². The molecule has 1 N–H and O–H groups in total. The van der Waals surface area contributed by atoms with E-state index in [9.17, 15) is 0 Å². The molecule has 1 unspecified atom stereocenters.